The van der Waals surface area contributed by atoms with Crippen molar-refractivity contribution in [3.8, 4) is 0 Å². The highest BCUT2D eigenvalue weighted by atomic mass is 16.5. The number of imidazole rings is 1. The maximum absolute atomic E-state index is 12.6. The van der Waals surface area contributed by atoms with Gasteiger partial charge in [-0.3, -0.25) is 18.7 Å². The molecule has 0 spiro atoms. The Morgan fingerprint density at radius 1 is 1.19 bits per heavy atom. The molecule has 2 amide bonds. The van der Waals surface area contributed by atoms with E-state index in [1.54, 1.807) is 23.3 Å². The first-order chi connectivity index (χ1) is 13.0. The van der Waals surface area contributed by atoms with E-state index in [1.807, 2.05) is 31.2 Å². The molecule has 0 atom stereocenters. The molecule has 1 N–H and O–H groups in total. The van der Waals surface area contributed by atoms with Crippen molar-refractivity contribution in [1.29, 1.82) is 0 Å². The Labute approximate surface area is 158 Å². The van der Waals surface area contributed by atoms with Gasteiger partial charge in [0.2, 0.25) is 11.8 Å². The van der Waals surface area contributed by atoms with Crippen LogP contribution in [0.4, 0.5) is 0 Å². The second-order valence-electron chi connectivity index (χ2n) is 6.36. The van der Waals surface area contributed by atoms with Crippen LogP contribution < -0.4 is 11.0 Å². The summed E-state index contributed by atoms with van der Waals surface area (Å²) in [5, 5.41) is 2.75. The molecular formula is C19H28N4O4. The Bertz CT molecular complexity index is 840. The summed E-state index contributed by atoms with van der Waals surface area (Å²) in [4.78, 5) is 38.2. The van der Waals surface area contributed by atoms with Crippen LogP contribution in [0.15, 0.2) is 29.1 Å². The Hall–Kier alpha value is -2.61. The molecule has 0 fully saturated rings. The quantitative estimate of drug-likeness (QED) is 0.622. The number of amides is 2. The number of fused-ring (bicyclic) bond motifs is 1. The summed E-state index contributed by atoms with van der Waals surface area (Å²) in [5.74, 6) is -0.385. The minimum absolute atomic E-state index is 0.00255. The Kier molecular flexibility index (Phi) is 7.60. The van der Waals surface area contributed by atoms with Crippen LogP contribution in [0.25, 0.3) is 11.0 Å². The summed E-state index contributed by atoms with van der Waals surface area (Å²) in [6.07, 6.45) is 0.884. The second kappa shape index (κ2) is 9.91. The number of carbonyl (C=O) groups excluding carboxylic acids is 2. The zero-order chi connectivity index (χ0) is 19.8. The number of aryl methyl sites for hydroxylation is 2. The Balaban J connectivity index is 1.94. The highest BCUT2D eigenvalue weighted by molar-refractivity contribution is 5.84. The molecule has 0 bridgehead atoms. The predicted molar refractivity (Wildman–Crippen MR) is 104 cm³/mol. The van der Waals surface area contributed by atoms with Gasteiger partial charge in [-0.1, -0.05) is 12.1 Å². The molecule has 0 radical (unpaired) electrons. The van der Waals surface area contributed by atoms with Crippen LogP contribution in [0.2, 0.25) is 0 Å². The molecule has 0 saturated heterocycles. The maximum Gasteiger partial charge on any atom is 0.329 e. The van der Waals surface area contributed by atoms with Crippen molar-refractivity contribution >= 4 is 22.8 Å². The number of likely N-dealkylation sites (N-methyl/N-ethyl adjacent to an activating group) is 1. The minimum atomic E-state index is -0.207. The first-order valence-electron chi connectivity index (χ1n) is 9.17. The van der Waals surface area contributed by atoms with Gasteiger partial charge in [0.15, 0.2) is 0 Å². The Morgan fingerprint density at radius 2 is 1.85 bits per heavy atom. The number of carbonyl (C=O) groups is 2. The summed E-state index contributed by atoms with van der Waals surface area (Å²) in [6.45, 7) is 3.87. The SMILES string of the molecule is CCn1c(=O)n(CCC(=O)N(C)CC(=O)NCCCOC)c2ccccc21. The molecule has 8 heteroatoms. The number of ether oxygens (including phenoxy) is 1. The lowest BCUT2D eigenvalue weighted by atomic mass is 10.3. The molecule has 0 aliphatic carbocycles. The van der Waals surface area contributed by atoms with E-state index in [4.69, 9.17) is 4.74 Å². The first-order valence-corrected chi connectivity index (χ1v) is 9.17. The van der Waals surface area contributed by atoms with Gasteiger partial charge in [-0.25, -0.2) is 4.79 Å². The molecule has 1 heterocycles. The van der Waals surface area contributed by atoms with E-state index < -0.39 is 0 Å². The average molecular weight is 376 g/mol. The van der Waals surface area contributed by atoms with Gasteiger partial charge in [-0.05, 0) is 25.5 Å². The van der Waals surface area contributed by atoms with Gasteiger partial charge in [0.05, 0.1) is 17.6 Å². The van der Waals surface area contributed by atoms with Crippen molar-refractivity contribution in [3.63, 3.8) is 0 Å². The minimum Gasteiger partial charge on any atom is -0.385 e. The number of benzene rings is 1. The monoisotopic (exact) mass is 376 g/mol. The molecule has 27 heavy (non-hydrogen) atoms. The van der Waals surface area contributed by atoms with Crippen molar-refractivity contribution in [2.24, 2.45) is 0 Å². The smallest absolute Gasteiger partial charge is 0.329 e. The lowest BCUT2D eigenvalue weighted by molar-refractivity contribution is -0.134. The average Bonchev–Trinajstić information content (AvgIpc) is 2.93. The van der Waals surface area contributed by atoms with E-state index in [-0.39, 0.29) is 37.0 Å². The van der Waals surface area contributed by atoms with E-state index in [2.05, 4.69) is 5.32 Å². The van der Waals surface area contributed by atoms with Crippen molar-refractivity contribution in [2.45, 2.75) is 32.9 Å². The lowest BCUT2D eigenvalue weighted by Gasteiger charge is -2.17. The third-order valence-corrected chi connectivity index (χ3v) is 4.44. The van der Waals surface area contributed by atoms with Crippen LogP contribution in [0.3, 0.4) is 0 Å². The van der Waals surface area contributed by atoms with Crippen molar-refractivity contribution < 1.29 is 14.3 Å². The number of hydrogen-bond donors (Lipinski definition) is 1. The summed E-state index contributed by atoms with van der Waals surface area (Å²) in [6, 6.07) is 7.55. The van der Waals surface area contributed by atoms with Crippen molar-refractivity contribution in [2.75, 3.05) is 33.9 Å². The zero-order valence-corrected chi connectivity index (χ0v) is 16.2. The zero-order valence-electron chi connectivity index (χ0n) is 16.2. The van der Waals surface area contributed by atoms with Gasteiger partial charge < -0.3 is 15.0 Å². The highest BCUT2D eigenvalue weighted by Crippen LogP contribution is 2.13. The summed E-state index contributed by atoms with van der Waals surface area (Å²) in [5.41, 5.74) is 1.56. The molecule has 0 unspecified atom stereocenters. The number of hydrogen-bond acceptors (Lipinski definition) is 4. The highest BCUT2D eigenvalue weighted by Gasteiger charge is 2.16. The topological polar surface area (TPSA) is 85.6 Å². The predicted octanol–water partition coefficient (Wildman–Crippen LogP) is 0.824. The van der Waals surface area contributed by atoms with Gasteiger partial charge in [-0.2, -0.15) is 0 Å². The van der Waals surface area contributed by atoms with Gasteiger partial charge >= 0.3 is 5.69 Å². The maximum atomic E-state index is 12.6. The molecule has 8 nitrogen and oxygen atoms in total. The fourth-order valence-electron chi connectivity index (χ4n) is 3.00. The molecule has 1 aromatic carbocycles. The van der Waals surface area contributed by atoms with E-state index in [0.717, 1.165) is 17.5 Å². The van der Waals surface area contributed by atoms with Gasteiger partial charge in [0.1, 0.15) is 0 Å². The molecule has 2 rings (SSSR count). The van der Waals surface area contributed by atoms with Crippen molar-refractivity contribution in [3.05, 3.63) is 34.7 Å². The van der Waals surface area contributed by atoms with Crippen LogP contribution in [-0.2, 0) is 27.4 Å². The first kappa shape index (κ1) is 20.7. The standard InChI is InChI=1S/C19H28N4O4/c1-4-22-15-8-5-6-9-16(15)23(19(22)26)12-10-18(25)21(2)14-17(24)20-11-7-13-27-3/h5-6,8-9H,4,7,10-14H2,1-3H3,(H,20,24). The van der Waals surface area contributed by atoms with Crippen LogP contribution in [0.5, 0.6) is 0 Å². The van der Waals surface area contributed by atoms with Gasteiger partial charge in [0, 0.05) is 46.8 Å². The number of nitrogens with zero attached hydrogens (tertiary/aromatic N) is 3. The van der Waals surface area contributed by atoms with E-state index in [9.17, 15) is 14.4 Å². The number of methoxy groups -OCH3 is 1. The summed E-state index contributed by atoms with van der Waals surface area (Å²) >= 11 is 0. The molecular weight excluding hydrogens is 348 g/mol. The van der Waals surface area contributed by atoms with Crippen LogP contribution in [-0.4, -0.2) is 59.7 Å². The molecule has 2 aromatic rings. The number of aromatic nitrogens is 2. The fourth-order valence-corrected chi connectivity index (χ4v) is 3.00. The van der Waals surface area contributed by atoms with Gasteiger partial charge in [0.25, 0.3) is 0 Å². The van der Waals surface area contributed by atoms with Crippen molar-refractivity contribution in [1.82, 2.24) is 19.4 Å². The fraction of sp³-hybridized carbons (Fsp3) is 0.526. The van der Waals surface area contributed by atoms with E-state index >= 15 is 0 Å². The molecule has 0 saturated carbocycles. The lowest BCUT2D eigenvalue weighted by Crippen LogP contribution is -2.39. The second-order valence-corrected chi connectivity index (χ2v) is 6.36. The largest absolute Gasteiger partial charge is 0.385 e. The summed E-state index contributed by atoms with van der Waals surface area (Å²) < 4.78 is 8.23. The van der Waals surface area contributed by atoms with E-state index in [1.165, 1.54) is 4.90 Å². The van der Waals surface area contributed by atoms with Gasteiger partial charge in [-0.15, -0.1) is 0 Å². The Morgan fingerprint density at radius 3 is 2.48 bits per heavy atom. The number of para-hydroxylation sites is 2. The summed E-state index contributed by atoms with van der Waals surface area (Å²) in [7, 11) is 3.20. The molecule has 0 aliphatic rings. The normalized spacial score (nSPS) is 10.9. The van der Waals surface area contributed by atoms with Crippen LogP contribution in [0, 0.1) is 0 Å². The molecule has 148 valence electrons. The number of nitrogens with one attached hydrogen (secondary N) is 1. The third kappa shape index (κ3) is 5.19. The number of rotatable bonds is 10. The van der Waals surface area contributed by atoms with Crippen LogP contribution >= 0.6 is 0 Å². The van der Waals surface area contributed by atoms with E-state index in [0.29, 0.717) is 19.7 Å². The van der Waals surface area contributed by atoms with Crippen LogP contribution in [0.1, 0.15) is 19.8 Å². The third-order valence-electron chi connectivity index (χ3n) is 4.44. The molecule has 1 aromatic heterocycles. The molecule has 0 aliphatic heterocycles.